The highest BCUT2D eigenvalue weighted by molar-refractivity contribution is 6.30. The molecule has 0 aliphatic heterocycles. The molecular formula is C16H25ClN2O3. The molecule has 0 bridgehead atoms. The Morgan fingerprint density at radius 3 is 2.55 bits per heavy atom. The van der Waals surface area contributed by atoms with Gasteiger partial charge in [0.25, 0.3) is 0 Å². The van der Waals surface area contributed by atoms with E-state index in [1.807, 2.05) is 24.3 Å². The van der Waals surface area contributed by atoms with Gasteiger partial charge in [0.2, 0.25) is 0 Å². The summed E-state index contributed by atoms with van der Waals surface area (Å²) < 4.78 is 10.4. The molecule has 6 heteroatoms. The highest BCUT2D eigenvalue weighted by Gasteiger charge is 2.05. The summed E-state index contributed by atoms with van der Waals surface area (Å²) in [7, 11) is 1.67. The highest BCUT2D eigenvalue weighted by Crippen LogP contribution is 2.13. The number of nitrogens with zero attached hydrogens (tertiary/aromatic N) is 1. The molecule has 1 rings (SSSR count). The molecule has 0 fully saturated rings. The number of rotatable bonds is 12. The van der Waals surface area contributed by atoms with Crippen molar-refractivity contribution in [3.05, 3.63) is 34.9 Å². The fourth-order valence-corrected chi connectivity index (χ4v) is 1.93. The van der Waals surface area contributed by atoms with E-state index in [9.17, 15) is 0 Å². The normalized spacial score (nSPS) is 11.7. The first-order valence-corrected chi connectivity index (χ1v) is 7.87. The van der Waals surface area contributed by atoms with Gasteiger partial charge in [0.05, 0.1) is 18.9 Å². The quantitative estimate of drug-likeness (QED) is 0.364. The highest BCUT2D eigenvalue weighted by atomic mass is 35.5. The summed E-state index contributed by atoms with van der Waals surface area (Å²) in [5.41, 5.74) is 7.33. The molecule has 22 heavy (non-hydrogen) atoms. The predicted octanol–water partition coefficient (Wildman–Crippen LogP) is 2.85. The van der Waals surface area contributed by atoms with Crippen molar-refractivity contribution in [1.29, 1.82) is 0 Å². The first-order valence-electron chi connectivity index (χ1n) is 7.49. The first-order chi connectivity index (χ1) is 10.8. The van der Waals surface area contributed by atoms with Crippen LogP contribution >= 0.6 is 11.6 Å². The minimum Gasteiger partial charge on any atom is -0.394 e. The number of hydrogen-bond donors (Lipinski definition) is 1. The lowest BCUT2D eigenvalue weighted by atomic mass is 10.1. The maximum Gasteiger partial charge on any atom is 0.129 e. The van der Waals surface area contributed by atoms with Gasteiger partial charge >= 0.3 is 0 Å². The van der Waals surface area contributed by atoms with Crippen molar-refractivity contribution in [2.45, 2.75) is 19.3 Å². The van der Waals surface area contributed by atoms with E-state index >= 15 is 0 Å². The Morgan fingerprint density at radius 1 is 1.09 bits per heavy atom. The molecule has 1 aromatic rings. The van der Waals surface area contributed by atoms with Crippen LogP contribution in [0.4, 0.5) is 0 Å². The van der Waals surface area contributed by atoms with E-state index in [0.717, 1.165) is 37.1 Å². The van der Waals surface area contributed by atoms with Crippen LogP contribution < -0.4 is 5.73 Å². The van der Waals surface area contributed by atoms with Gasteiger partial charge in [0.1, 0.15) is 6.61 Å². The zero-order valence-electron chi connectivity index (χ0n) is 13.1. The minimum absolute atomic E-state index is 0.414. The van der Waals surface area contributed by atoms with Gasteiger partial charge < -0.3 is 20.0 Å². The molecule has 0 aliphatic rings. The van der Waals surface area contributed by atoms with E-state index in [1.54, 1.807) is 7.11 Å². The molecule has 0 saturated heterocycles. The van der Waals surface area contributed by atoms with Crippen LogP contribution in [0.5, 0.6) is 0 Å². The Kier molecular flexibility index (Phi) is 10.7. The molecule has 0 amide bonds. The van der Waals surface area contributed by atoms with Gasteiger partial charge in [-0.15, -0.1) is 0 Å². The Labute approximate surface area is 137 Å². The van der Waals surface area contributed by atoms with Gasteiger partial charge in [-0.1, -0.05) is 28.9 Å². The second kappa shape index (κ2) is 12.4. The van der Waals surface area contributed by atoms with Gasteiger partial charge in [-0.05, 0) is 37.0 Å². The van der Waals surface area contributed by atoms with Crippen molar-refractivity contribution in [2.24, 2.45) is 10.9 Å². The van der Waals surface area contributed by atoms with Crippen LogP contribution in [-0.2, 0) is 14.3 Å². The molecule has 1 aromatic carbocycles. The number of benzene rings is 1. The number of halogens is 1. The molecule has 124 valence electrons. The standard InChI is InChI=1S/C16H25ClN2O3/c1-20-12-13-21-10-3-2-4-16(19-22-11-9-18)14-5-7-15(17)8-6-14/h5-8H,2-4,9-13,18H2,1H3. The van der Waals surface area contributed by atoms with Gasteiger partial charge in [-0.3, -0.25) is 0 Å². The predicted molar refractivity (Wildman–Crippen MR) is 89.5 cm³/mol. The summed E-state index contributed by atoms with van der Waals surface area (Å²) in [5.74, 6) is 0. The van der Waals surface area contributed by atoms with Crippen molar-refractivity contribution in [3.63, 3.8) is 0 Å². The van der Waals surface area contributed by atoms with Crippen molar-refractivity contribution in [1.82, 2.24) is 0 Å². The Bertz CT molecular complexity index is 424. The lowest BCUT2D eigenvalue weighted by molar-refractivity contribution is 0.0689. The van der Waals surface area contributed by atoms with E-state index in [1.165, 1.54) is 0 Å². The molecule has 5 nitrogen and oxygen atoms in total. The average Bonchev–Trinajstić information content (AvgIpc) is 2.53. The zero-order valence-corrected chi connectivity index (χ0v) is 13.8. The Hall–Kier alpha value is -1.14. The minimum atomic E-state index is 0.414. The van der Waals surface area contributed by atoms with Crippen LogP contribution in [-0.4, -0.2) is 45.8 Å². The number of ether oxygens (including phenoxy) is 2. The largest absolute Gasteiger partial charge is 0.394 e. The van der Waals surface area contributed by atoms with Crippen molar-refractivity contribution >= 4 is 17.3 Å². The van der Waals surface area contributed by atoms with E-state index in [0.29, 0.717) is 31.4 Å². The topological polar surface area (TPSA) is 66.1 Å². The van der Waals surface area contributed by atoms with Crippen molar-refractivity contribution in [2.75, 3.05) is 40.1 Å². The van der Waals surface area contributed by atoms with Crippen LogP contribution in [0.2, 0.25) is 5.02 Å². The summed E-state index contributed by atoms with van der Waals surface area (Å²) in [6, 6.07) is 7.59. The molecular weight excluding hydrogens is 304 g/mol. The van der Waals surface area contributed by atoms with Crippen molar-refractivity contribution in [3.8, 4) is 0 Å². The SMILES string of the molecule is COCCOCCCCC(=NOCCN)c1ccc(Cl)cc1. The molecule has 0 radical (unpaired) electrons. The van der Waals surface area contributed by atoms with E-state index < -0.39 is 0 Å². The number of nitrogens with two attached hydrogens (primary N) is 1. The number of oxime groups is 1. The van der Waals surface area contributed by atoms with E-state index in [2.05, 4.69) is 5.16 Å². The van der Waals surface area contributed by atoms with Gasteiger partial charge in [-0.25, -0.2) is 0 Å². The van der Waals surface area contributed by atoms with Gasteiger partial charge in [-0.2, -0.15) is 0 Å². The maximum atomic E-state index is 5.92. The summed E-state index contributed by atoms with van der Waals surface area (Å²) in [6.07, 6.45) is 2.76. The molecule has 0 aliphatic carbocycles. The third-order valence-electron chi connectivity index (χ3n) is 2.95. The first kappa shape index (κ1) is 18.9. The summed E-state index contributed by atoms with van der Waals surface area (Å²) in [4.78, 5) is 5.22. The monoisotopic (exact) mass is 328 g/mol. The molecule has 0 heterocycles. The fourth-order valence-electron chi connectivity index (χ4n) is 1.80. The van der Waals surface area contributed by atoms with Gasteiger partial charge in [0, 0.05) is 25.3 Å². The molecule has 0 aromatic heterocycles. The molecule has 0 unspecified atom stereocenters. The van der Waals surface area contributed by atoms with E-state index in [4.69, 9.17) is 31.6 Å². The summed E-state index contributed by atoms with van der Waals surface area (Å²) in [6.45, 7) is 2.85. The third-order valence-corrected chi connectivity index (χ3v) is 3.20. The summed E-state index contributed by atoms with van der Waals surface area (Å²) in [5, 5.41) is 4.90. The number of hydrogen-bond acceptors (Lipinski definition) is 5. The Balaban J connectivity index is 2.42. The third kappa shape index (κ3) is 8.34. The molecule has 2 N–H and O–H groups in total. The molecule has 0 saturated carbocycles. The second-order valence-electron chi connectivity index (χ2n) is 4.73. The van der Waals surface area contributed by atoms with Crippen molar-refractivity contribution < 1.29 is 14.3 Å². The lowest BCUT2D eigenvalue weighted by Gasteiger charge is -2.08. The number of methoxy groups -OCH3 is 1. The van der Waals surface area contributed by atoms with Crippen LogP contribution in [0, 0.1) is 0 Å². The zero-order chi connectivity index (χ0) is 16.0. The molecule has 0 spiro atoms. The number of unbranched alkanes of at least 4 members (excludes halogenated alkanes) is 1. The maximum absolute atomic E-state index is 5.92. The fraction of sp³-hybridized carbons (Fsp3) is 0.562. The van der Waals surface area contributed by atoms with Crippen LogP contribution in [0.1, 0.15) is 24.8 Å². The van der Waals surface area contributed by atoms with Gasteiger partial charge in [0.15, 0.2) is 0 Å². The van der Waals surface area contributed by atoms with Crippen LogP contribution in [0.15, 0.2) is 29.4 Å². The summed E-state index contributed by atoms with van der Waals surface area (Å²) >= 11 is 5.92. The average molecular weight is 329 g/mol. The Morgan fingerprint density at radius 2 is 1.86 bits per heavy atom. The lowest BCUT2D eigenvalue weighted by Crippen LogP contribution is -2.09. The smallest absolute Gasteiger partial charge is 0.129 e. The van der Waals surface area contributed by atoms with E-state index in [-0.39, 0.29) is 0 Å². The van der Waals surface area contributed by atoms with Crippen LogP contribution in [0.3, 0.4) is 0 Å². The molecule has 0 atom stereocenters. The van der Waals surface area contributed by atoms with Crippen LogP contribution in [0.25, 0.3) is 0 Å². The second-order valence-corrected chi connectivity index (χ2v) is 5.17.